The lowest BCUT2D eigenvalue weighted by atomic mass is 10.1. The van der Waals surface area contributed by atoms with Gasteiger partial charge in [0.1, 0.15) is 0 Å². The topological polar surface area (TPSA) is 49.4 Å². The van der Waals surface area contributed by atoms with Gasteiger partial charge in [0.2, 0.25) is 11.8 Å². The van der Waals surface area contributed by atoms with E-state index in [-0.39, 0.29) is 23.8 Å². The van der Waals surface area contributed by atoms with Gasteiger partial charge in [-0.3, -0.25) is 9.59 Å². The molecule has 0 aromatic rings. The molecule has 0 aromatic carbocycles. The second-order valence-corrected chi connectivity index (χ2v) is 6.08. The highest BCUT2D eigenvalue weighted by atomic mass is 16.2. The van der Waals surface area contributed by atoms with Crippen molar-refractivity contribution in [1.82, 2.24) is 10.2 Å². The number of rotatable bonds is 7. The van der Waals surface area contributed by atoms with Crippen LogP contribution in [0.25, 0.3) is 0 Å². The summed E-state index contributed by atoms with van der Waals surface area (Å²) in [4.78, 5) is 25.9. The molecular formula is C15H26N2O2. The summed E-state index contributed by atoms with van der Waals surface area (Å²) in [6.07, 6.45) is 7.26. The summed E-state index contributed by atoms with van der Waals surface area (Å²) in [7, 11) is 0. The molecule has 0 radical (unpaired) electrons. The van der Waals surface area contributed by atoms with E-state index >= 15 is 0 Å². The van der Waals surface area contributed by atoms with Gasteiger partial charge >= 0.3 is 0 Å². The maximum absolute atomic E-state index is 12.1. The average Bonchev–Trinajstić information content (AvgIpc) is 3.13. The highest BCUT2D eigenvalue weighted by Gasteiger charge is 2.41. The van der Waals surface area contributed by atoms with Crippen LogP contribution in [-0.2, 0) is 9.59 Å². The van der Waals surface area contributed by atoms with E-state index < -0.39 is 0 Å². The fourth-order valence-electron chi connectivity index (χ4n) is 2.78. The van der Waals surface area contributed by atoms with E-state index in [0.717, 1.165) is 25.7 Å². The summed E-state index contributed by atoms with van der Waals surface area (Å²) in [5.74, 6) is 0.114. The maximum atomic E-state index is 12.1. The van der Waals surface area contributed by atoms with Gasteiger partial charge in [0.05, 0.1) is 5.92 Å². The fraction of sp³-hybridized carbons (Fsp3) is 0.867. The molecule has 2 fully saturated rings. The van der Waals surface area contributed by atoms with E-state index in [4.69, 9.17) is 0 Å². The van der Waals surface area contributed by atoms with Crippen molar-refractivity contribution in [2.24, 2.45) is 5.92 Å². The molecule has 1 heterocycles. The molecule has 0 unspecified atom stereocenters. The van der Waals surface area contributed by atoms with E-state index in [1.807, 2.05) is 4.90 Å². The van der Waals surface area contributed by atoms with Crippen LogP contribution in [0.2, 0.25) is 0 Å². The lowest BCUT2D eigenvalue weighted by Crippen LogP contribution is -2.38. The van der Waals surface area contributed by atoms with Crippen molar-refractivity contribution in [2.45, 2.75) is 70.9 Å². The second kappa shape index (κ2) is 6.40. The Balaban J connectivity index is 1.72. The summed E-state index contributed by atoms with van der Waals surface area (Å²) in [5.41, 5.74) is 0. The van der Waals surface area contributed by atoms with E-state index in [1.54, 1.807) is 0 Å². The van der Waals surface area contributed by atoms with E-state index in [1.165, 1.54) is 12.8 Å². The average molecular weight is 266 g/mol. The maximum Gasteiger partial charge on any atom is 0.225 e. The van der Waals surface area contributed by atoms with E-state index in [2.05, 4.69) is 19.2 Å². The molecule has 1 aliphatic heterocycles. The third kappa shape index (κ3) is 3.95. The van der Waals surface area contributed by atoms with Crippen LogP contribution >= 0.6 is 0 Å². The molecule has 0 bridgehead atoms. The van der Waals surface area contributed by atoms with Crippen molar-refractivity contribution in [3.8, 4) is 0 Å². The minimum atomic E-state index is -0.123. The molecule has 1 saturated carbocycles. The van der Waals surface area contributed by atoms with Gasteiger partial charge in [0, 0.05) is 25.0 Å². The van der Waals surface area contributed by atoms with Crippen molar-refractivity contribution < 1.29 is 9.59 Å². The van der Waals surface area contributed by atoms with E-state index in [0.29, 0.717) is 19.0 Å². The summed E-state index contributed by atoms with van der Waals surface area (Å²) in [6, 6.07) is 0.663. The van der Waals surface area contributed by atoms with E-state index in [9.17, 15) is 9.59 Å². The van der Waals surface area contributed by atoms with Gasteiger partial charge in [0.15, 0.2) is 0 Å². The molecule has 1 N–H and O–H groups in total. The van der Waals surface area contributed by atoms with Gasteiger partial charge < -0.3 is 10.2 Å². The summed E-state index contributed by atoms with van der Waals surface area (Å²) < 4.78 is 0. The van der Waals surface area contributed by atoms with Crippen LogP contribution in [-0.4, -0.2) is 35.3 Å². The Kier molecular flexibility index (Phi) is 4.83. The Hall–Kier alpha value is -1.06. The number of carbonyl (C=O) groups is 2. The number of nitrogens with one attached hydrogen (secondary N) is 1. The quantitative estimate of drug-likeness (QED) is 0.717. The largest absolute Gasteiger partial charge is 0.353 e. The van der Waals surface area contributed by atoms with Gasteiger partial charge in [-0.25, -0.2) is 0 Å². The van der Waals surface area contributed by atoms with Crippen molar-refractivity contribution in [3.63, 3.8) is 0 Å². The molecule has 2 amide bonds. The molecule has 4 heteroatoms. The number of hydrogen-bond donors (Lipinski definition) is 1. The highest BCUT2D eigenvalue weighted by molar-refractivity contribution is 5.89. The predicted molar refractivity (Wildman–Crippen MR) is 74.6 cm³/mol. The van der Waals surface area contributed by atoms with Crippen LogP contribution in [0.3, 0.4) is 0 Å². The standard InChI is InChI=1S/C15H26N2O2/c1-3-4-5-6-11(2)16-15(19)12-9-14(18)17(10-12)13-7-8-13/h11-13H,3-10H2,1-2H3,(H,16,19)/t11-,12+/m1/s1. The molecule has 4 nitrogen and oxygen atoms in total. The number of nitrogens with zero attached hydrogens (tertiary/aromatic N) is 1. The van der Waals surface area contributed by atoms with Gasteiger partial charge in [-0.15, -0.1) is 0 Å². The Morgan fingerprint density at radius 1 is 1.42 bits per heavy atom. The third-order valence-corrected chi connectivity index (χ3v) is 4.15. The molecule has 108 valence electrons. The Labute approximate surface area is 115 Å². The van der Waals surface area contributed by atoms with Crippen molar-refractivity contribution in [3.05, 3.63) is 0 Å². The molecule has 1 saturated heterocycles. The Morgan fingerprint density at radius 2 is 2.16 bits per heavy atom. The van der Waals surface area contributed by atoms with Crippen molar-refractivity contribution >= 4 is 11.8 Å². The predicted octanol–water partition coefficient (Wildman–Crippen LogP) is 2.08. The lowest BCUT2D eigenvalue weighted by Gasteiger charge is -2.18. The van der Waals surface area contributed by atoms with Crippen LogP contribution in [0.4, 0.5) is 0 Å². The summed E-state index contributed by atoms with van der Waals surface area (Å²) in [6.45, 7) is 4.87. The first kappa shape index (κ1) is 14.4. The zero-order valence-electron chi connectivity index (χ0n) is 12.2. The highest BCUT2D eigenvalue weighted by Crippen LogP contribution is 2.32. The molecule has 1 aliphatic carbocycles. The molecule has 0 aromatic heterocycles. The molecule has 2 rings (SSSR count). The van der Waals surface area contributed by atoms with Gasteiger partial charge in [-0.1, -0.05) is 26.2 Å². The Bertz CT molecular complexity index is 339. The fourth-order valence-corrected chi connectivity index (χ4v) is 2.78. The number of likely N-dealkylation sites (tertiary alicyclic amines) is 1. The van der Waals surface area contributed by atoms with Crippen LogP contribution in [0, 0.1) is 5.92 Å². The summed E-state index contributed by atoms with van der Waals surface area (Å²) >= 11 is 0. The third-order valence-electron chi connectivity index (χ3n) is 4.15. The van der Waals surface area contributed by atoms with Crippen LogP contribution in [0.15, 0.2) is 0 Å². The SMILES string of the molecule is CCCCC[C@@H](C)NC(=O)[C@H]1CC(=O)N(C2CC2)C1. The van der Waals surface area contributed by atoms with Crippen LogP contribution in [0.5, 0.6) is 0 Å². The summed E-state index contributed by atoms with van der Waals surface area (Å²) in [5, 5.41) is 3.06. The van der Waals surface area contributed by atoms with Crippen LogP contribution < -0.4 is 5.32 Å². The molecule has 2 aliphatic rings. The molecular weight excluding hydrogens is 240 g/mol. The van der Waals surface area contributed by atoms with Crippen LogP contribution in [0.1, 0.15) is 58.8 Å². The van der Waals surface area contributed by atoms with Gasteiger partial charge in [0.25, 0.3) is 0 Å². The van der Waals surface area contributed by atoms with Crippen molar-refractivity contribution in [1.29, 1.82) is 0 Å². The Morgan fingerprint density at radius 3 is 2.79 bits per heavy atom. The second-order valence-electron chi connectivity index (χ2n) is 6.08. The minimum Gasteiger partial charge on any atom is -0.353 e. The number of hydrogen-bond acceptors (Lipinski definition) is 2. The molecule has 2 atom stereocenters. The normalized spacial score (nSPS) is 24.6. The first-order valence-corrected chi connectivity index (χ1v) is 7.71. The van der Waals surface area contributed by atoms with Crippen molar-refractivity contribution in [2.75, 3.05) is 6.54 Å². The number of unbranched alkanes of at least 4 members (excludes halogenated alkanes) is 2. The number of carbonyl (C=O) groups excluding carboxylic acids is 2. The first-order chi connectivity index (χ1) is 9.11. The number of amides is 2. The molecule has 19 heavy (non-hydrogen) atoms. The molecule has 0 spiro atoms. The zero-order valence-corrected chi connectivity index (χ0v) is 12.2. The monoisotopic (exact) mass is 266 g/mol. The van der Waals surface area contributed by atoms with Gasteiger partial charge in [-0.05, 0) is 26.2 Å². The van der Waals surface area contributed by atoms with Gasteiger partial charge in [-0.2, -0.15) is 0 Å². The first-order valence-electron chi connectivity index (χ1n) is 7.71. The zero-order chi connectivity index (χ0) is 13.8. The smallest absolute Gasteiger partial charge is 0.225 e. The minimum absolute atomic E-state index is 0.0699. The lowest BCUT2D eigenvalue weighted by molar-refractivity contribution is -0.129.